The average molecular weight is 383 g/mol. The Kier molecular flexibility index (Phi) is 9.95. The number of carbonyl (C=O) groups is 2. The maximum absolute atomic E-state index is 11.4. The molecule has 2 amide bonds. The maximum atomic E-state index is 11.4. The molecule has 0 heterocycles. The second-order valence-corrected chi connectivity index (χ2v) is 8.12. The molecule has 1 aromatic rings. The Labute approximate surface area is 160 Å². The van der Waals surface area contributed by atoms with Gasteiger partial charge in [-0.3, -0.25) is 0 Å². The lowest BCUT2D eigenvalue weighted by molar-refractivity contribution is 0.0510. The van der Waals surface area contributed by atoms with Gasteiger partial charge in [-0.2, -0.15) is 0 Å². The monoisotopic (exact) mass is 382 g/mol. The second-order valence-electron chi connectivity index (χ2n) is 6.95. The van der Waals surface area contributed by atoms with Gasteiger partial charge in [-0.1, -0.05) is 19.3 Å². The molecule has 0 aromatic heterocycles. The molecule has 3 N–H and O–H groups in total. The van der Waals surface area contributed by atoms with Gasteiger partial charge in [0.2, 0.25) is 0 Å². The van der Waals surface area contributed by atoms with Crippen molar-refractivity contribution >= 4 is 29.6 Å². The molecule has 6 nitrogen and oxygen atoms in total. The molecule has 0 bridgehead atoms. The van der Waals surface area contributed by atoms with Crippen molar-refractivity contribution in [3.8, 4) is 0 Å². The van der Waals surface area contributed by atoms with Crippen molar-refractivity contribution < 1.29 is 19.1 Å². The molecule has 0 aliphatic heterocycles. The first kappa shape index (κ1) is 22.2. The van der Waals surface area contributed by atoms with Crippen molar-refractivity contribution in [2.45, 2.75) is 63.4 Å². The Hall–Kier alpha value is -1.89. The van der Waals surface area contributed by atoms with Crippen molar-refractivity contribution in [3.05, 3.63) is 24.3 Å². The van der Waals surface area contributed by atoms with Crippen LogP contribution in [0, 0.1) is 0 Å². The van der Waals surface area contributed by atoms with Gasteiger partial charge in [-0.25, -0.2) is 14.9 Å². The summed E-state index contributed by atoms with van der Waals surface area (Å²) in [5, 5.41) is 2.04. The average Bonchev–Trinajstić information content (AvgIpc) is 2.53. The van der Waals surface area contributed by atoms with Crippen molar-refractivity contribution in [2.24, 2.45) is 0 Å². The van der Waals surface area contributed by atoms with Crippen LogP contribution in [0.5, 0.6) is 0 Å². The van der Waals surface area contributed by atoms with E-state index in [0.29, 0.717) is 6.61 Å². The fourth-order valence-electron chi connectivity index (χ4n) is 2.08. The molecular weight excluding hydrogens is 352 g/mol. The largest absolute Gasteiger partial charge is 0.449 e. The minimum atomic E-state index is -0.791. The van der Waals surface area contributed by atoms with Gasteiger partial charge in [-0.15, -0.1) is 11.8 Å². The van der Waals surface area contributed by atoms with Crippen molar-refractivity contribution in [3.63, 3.8) is 0 Å². The molecule has 0 spiro atoms. The summed E-state index contributed by atoms with van der Waals surface area (Å²) in [6.45, 7) is 5.49. The van der Waals surface area contributed by atoms with Gasteiger partial charge in [0.15, 0.2) is 0 Å². The molecule has 0 radical (unpaired) electrons. The Morgan fingerprint density at radius 2 is 1.62 bits per heavy atom. The third-order valence-electron chi connectivity index (χ3n) is 3.27. The molecule has 0 aliphatic rings. The standard InChI is InChI=1S/C19H30N2O4S/c1-19(2,3)25-18(23)21-17(22)24-13-7-5-4-6-8-14-26-16-11-9-15(20)10-12-16/h9-12H,4-8,13-14,20H2,1-3H3,(H,21,22,23). The normalized spacial score (nSPS) is 11.0. The minimum Gasteiger partial charge on any atom is -0.449 e. The summed E-state index contributed by atoms with van der Waals surface area (Å²) in [7, 11) is 0. The number of thioether (sulfide) groups is 1. The van der Waals surface area contributed by atoms with Crippen LogP contribution in [0.4, 0.5) is 15.3 Å². The lowest BCUT2D eigenvalue weighted by Gasteiger charge is -2.19. The summed E-state index contributed by atoms with van der Waals surface area (Å²) in [6, 6.07) is 7.92. The van der Waals surface area contributed by atoms with Gasteiger partial charge >= 0.3 is 12.2 Å². The van der Waals surface area contributed by atoms with Crippen LogP contribution in [0.1, 0.15) is 52.9 Å². The molecule has 1 rings (SSSR count). The van der Waals surface area contributed by atoms with Crippen LogP contribution in [0.25, 0.3) is 0 Å². The van der Waals surface area contributed by atoms with Crippen molar-refractivity contribution in [1.82, 2.24) is 5.32 Å². The molecule has 0 fully saturated rings. The van der Waals surface area contributed by atoms with E-state index in [1.54, 1.807) is 20.8 Å². The van der Waals surface area contributed by atoms with E-state index in [-0.39, 0.29) is 0 Å². The lowest BCUT2D eigenvalue weighted by Crippen LogP contribution is -2.36. The Bertz CT molecular complexity index is 556. The zero-order valence-electron chi connectivity index (χ0n) is 15.9. The number of amides is 2. The van der Waals surface area contributed by atoms with E-state index in [9.17, 15) is 9.59 Å². The molecular formula is C19H30N2O4S. The zero-order valence-corrected chi connectivity index (χ0v) is 16.7. The number of alkyl carbamates (subject to hydrolysis) is 2. The van der Waals surface area contributed by atoms with Crippen LogP contribution >= 0.6 is 11.8 Å². The first-order chi connectivity index (χ1) is 12.3. The molecule has 1 aromatic carbocycles. The number of benzene rings is 1. The van der Waals surface area contributed by atoms with Crippen LogP contribution in [0.3, 0.4) is 0 Å². The van der Waals surface area contributed by atoms with E-state index in [4.69, 9.17) is 15.2 Å². The number of nitrogens with one attached hydrogen (secondary N) is 1. The molecule has 0 saturated carbocycles. The van der Waals surface area contributed by atoms with Gasteiger partial charge in [0, 0.05) is 10.6 Å². The highest BCUT2D eigenvalue weighted by Crippen LogP contribution is 2.20. The predicted molar refractivity (Wildman–Crippen MR) is 105 cm³/mol. The van der Waals surface area contributed by atoms with E-state index in [2.05, 4.69) is 0 Å². The number of imide groups is 1. The highest BCUT2D eigenvalue weighted by Gasteiger charge is 2.18. The van der Waals surface area contributed by atoms with E-state index < -0.39 is 17.8 Å². The quantitative estimate of drug-likeness (QED) is 0.356. The first-order valence-electron chi connectivity index (χ1n) is 8.91. The topological polar surface area (TPSA) is 90.6 Å². The van der Waals surface area contributed by atoms with Crippen molar-refractivity contribution in [1.29, 1.82) is 0 Å². The summed E-state index contributed by atoms with van der Waals surface area (Å²) in [6.07, 6.45) is 3.61. The fraction of sp³-hybridized carbons (Fsp3) is 0.579. The lowest BCUT2D eigenvalue weighted by atomic mass is 10.2. The summed E-state index contributed by atoms with van der Waals surface area (Å²) in [4.78, 5) is 24.0. The molecule has 26 heavy (non-hydrogen) atoms. The van der Waals surface area contributed by atoms with Gasteiger partial charge in [-0.05, 0) is 63.6 Å². The van der Waals surface area contributed by atoms with Gasteiger partial charge in [0.05, 0.1) is 6.61 Å². The second kappa shape index (κ2) is 11.7. The van der Waals surface area contributed by atoms with E-state index >= 15 is 0 Å². The molecule has 0 saturated heterocycles. The molecule has 0 aliphatic carbocycles. The van der Waals surface area contributed by atoms with E-state index in [1.807, 2.05) is 41.3 Å². The number of unbranched alkanes of at least 4 members (excludes halogenated alkanes) is 4. The van der Waals surface area contributed by atoms with Gasteiger partial charge in [0.25, 0.3) is 0 Å². The van der Waals surface area contributed by atoms with Crippen LogP contribution in [-0.2, 0) is 9.47 Å². The molecule has 0 unspecified atom stereocenters. The number of nitrogens with two attached hydrogens (primary N) is 1. The summed E-state index contributed by atoms with van der Waals surface area (Å²) in [5.74, 6) is 1.08. The Morgan fingerprint density at radius 1 is 1.00 bits per heavy atom. The summed E-state index contributed by atoms with van der Waals surface area (Å²) >= 11 is 1.83. The van der Waals surface area contributed by atoms with Crippen LogP contribution < -0.4 is 11.1 Å². The molecule has 0 atom stereocenters. The summed E-state index contributed by atoms with van der Waals surface area (Å²) < 4.78 is 9.93. The van der Waals surface area contributed by atoms with Gasteiger partial charge in [0.1, 0.15) is 5.60 Å². The van der Waals surface area contributed by atoms with E-state index in [1.165, 1.54) is 4.90 Å². The first-order valence-corrected chi connectivity index (χ1v) is 9.90. The SMILES string of the molecule is CC(C)(C)OC(=O)NC(=O)OCCCCCCCSc1ccc(N)cc1. The minimum absolute atomic E-state index is 0.300. The number of rotatable bonds is 9. The number of hydrogen-bond donors (Lipinski definition) is 2. The molecule has 7 heteroatoms. The number of ether oxygens (including phenoxy) is 2. The van der Waals surface area contributed by atoms with Crippen LogP contribution in [-0.4, -0.2) is 30.1 Å². The fourth-order valence-corrected chi connectivity index (χ4v) is 2.99. The smallest absolute Gasteiger partial charge is 0.417 e. The molecule has 146 valence electrons. The van der Waals surface area contributed by atoms with E-state index in [0.717, 1.165) is 43.5 Å². The third kappa shape index (κ3) is 11.6. The third-order valence-corrected chi connectivity index (χ3v) is 4.37. The summed E-state index contributed by atoms with van der Waals surface area (Å²) in [5.41, 5.74) is 5.81. The maximum Gasteiger partial charge on any atom is 0.417 e. The van der Waals surface area contributed by atoms with Crippen LogP contribution in [0.2, 0.25) is 0 Å². The number of anilines is 1. The number of carbonyl (C=O) groups excluding carboxylic acids is 2. The van der Waals surface area contributed by atoms with Gasteiger partial charge < -0.3 is 15.2 Å². The number of hydrogen-bond acceptors (Lipinski definition) is 6. The van der Waals surface area contributed by atoms with Crippen LogP contribution in [0.15, 0.2) is 29.2 Å². The Balaban J connectivity index is 1.95. The Morgan fingerprint density at radius 3 is 2.27 bits per heavy atom. The number of nitrogen functional groups attached to an aromatic ring is 1. The predicted octanol–water partition coefficient (Wildman–Crippen LogP) is 4.97. The highest BCUT2D eigenvalue weighted by atomic mass is 32.2. The zero-order chi connectivity index (χ0) is 19.4. The van der Waals surface area contributed by atoms with Crippen molar-refractivity contribution in [2.75, 3.05) is 18.1 Å². The highest BCUT2D eigenvalue weighted by molar-refractivity contribution is 7.99.